The van der Waals surface area contributed by atoms with Gasteiger partial charge >= 0.3 is 126 Å². The van der Waals surface area contributed by atoms with Gasteiger partial charge < -0.3 is 0 Å². The summed E-state index contributed by atoms with van der Waals surface area (Å²) in [6, 6.07) is 15.1. The van der Waals surface area contributed by atoms with Crippen LogP contribution in [-0.2, 0) is 3.10 Å². The SMILES string of the molecule is CCOc1ccc([Te](=O)c2ccc(OCC)cc2)cc1. The molecule has 0 unspecified atom stereocenters. The van der Waals surface area contributed by atoms with Crippen molar-refractivity contribution in [1.29, 1.82) is 0 Å². The summed E-state index contributed by atoms with van der Waals surface area (Å²) in [4.78, 5) is 0. The van der Waals surface area contributed by atoms with Gasteiger partial charge in [-0.15, -0.1) is 0 Å². The molecule has 0 atom stereocenters. The molecule has 0 aromatic heterocycles. The molecule has 2 aromatic rings. The van der Waals surface area contributed by atoms with Crippen LogP contribution < -0.4 is 16.7 Å². The third-order valence-electron chi connectivity index (χ3n) is 2.70. The van der Waals surface area contributed by atoms with Gasteiger partial charge in [0.2, 0.25) is 0 Å². The van der Waals surface area contributed by atoms with Gasteiger partial charge in [-0.3, -0.25) is 0 Å². The van der Waals surface area contributed by atoms with Gasteiger partial charge in [-0.05, 0) is 0 Å². The van der Waals surface area contributed by atoms with Crippen molar-refractivity contribution in [2.45, 2.75) is 13.8 Å². The van der Waals surface area contributed by atoms with E-state index in [2.05, 4.69) is 0 Å². The molecule has 0 aliphatic carbocycles. The van der Waals surface area contributed by atoms with Gasteiger partial charge in [0.1, 0.15) is 0 Å². The zero-order valence-corrected chi connectivity index (χ0v) is 14.0. The summed E-state index contributed by atoms with van der Waals surface area (Å²) < 4.78 is 25.1. The summed E-state index contributed by atoms with van der Waals surface area (Å²) in [5.41, 5.74) is 0. The molecule has 0 saturated heterocycles. The van der Waals surface area contributed by atoms with Crippen LogP contribution in [0.15, 0.2) is 48.5 Å². The Bertz CT molecular complexity index is 510. The fourth-order valence-corrected chi connectivity index (χ4v) is 4.75. The van der Waals surface area contributed by atoms with Gasteiger partial charge in [0.05, 0.1) is 0 Å². The summed E-state index contributed by atoms with van der Waals surface area (Å²) in [7, 11) is 0. The summed E-state index contributed by atoms with van der Waals surface area (Å²) in [6.45, 7) is 5.17. The van der Waals surface area contributed by atoms with Crippen LogP contribution in [0.1, 0.15) is 13.8 Å². The van der Waals surface area contributed by atoms with Crippen LogP contribution in [0, 0.1) is 0 Å². The van der Waals surface area contributed by atoms with Crippen molar-refractivity contribution < 1.29 is 12.6 Å². The van der Waals surface area contributed by atoms with Crippen LogP contribution >= 0.6 is 0 Å². The van der Waals surface area contributed by atoms with E-state index in [1.54, 1.807) is 0 Å². The first-order valence-electron chi connectivity index (χ1n) is 6.62. The van der Waals surface area contributed by atoms with E-state index in [0.29, 0.717) is 13.2 Å². The van der Waals surface area contributed by atoms with Crippen molar-refractivity contribution in [2.24, 2.45) is 0 Å². The Kier molecular flexibility index (Phi) is 5.58. The molecule has 0 radical (unpaired) electrons. The van der Waals surface area contributed by atoms with E-state index in [1.807, 2.05) is 62.4 Å². The van der Waals surface area contributed by atoms with Crippen molar-refractivity contribution >= 4 is 26.8 Å². The first-order valence-corrected chi connectivity index (χ1v) is 9.90. The molecule has 0 fully saturated rings. The van der Waals surface area contributed by atoms with Crippen LogP contribution in [-0.4, -0.2) is 32.7 Å². The maximum atomic E-state index is 12.6. The van der Waals surface area contributed by atoms with Gasteiger partial charge in [-0.1, -0.05) is 0 Å². The summed E-state index contributed by atoms with van der Waals surface area (Å²) in [5, 5.41) is 0. The second-order valence-corrected chi connectivity index (χ2v) is 8.30. The topological polar surface area (TPSA) is 35.5 Å². The van der Waals surface area contributed by atoms with Crippen molar-refractivity contribution in [1.82, 2.24) is 0 Å². The van der Waals surface area contributed by atoms with E-state index < -0.39 is 19.5 Å². The quantitative estimate of drug-likeness (QED) is 0.714. The average Bonchev–Trinajstić information content (AvgIpc) is 2.49. The molecule has 0 bridgehead atoms. The molecule has 4 heteroatoms. The van der Waals surface area contributed by atoms with Gasteiger partial charge in [0.15, 0.2) is 0 Å². The zero-order chi connectivity index (χ0) is 14.4. The molecule has 20 heavy (non-hydrogen) atoms. The average molecular weight is 386 g/mol. The van der Waals surface area contributed by atoms with Crippen molar-refractivity contribution in [3.05, 3.63) is 48.5 Å². The summed E-state index contributed by atoms with van der Waals surface area (Å²) in [6.07, 6.45) is 0. The summed E-state index contributed by atoms with van der Waals surface area (Å²) in [5.74, 6) is 1.63. The fraction of sp³-hybridized carbons (Fsp3) is 0.250. The number of ether oxygens (including phenoxy) is 2. The zero-order valence-electron chi connectivity index (χ0n) is 11.7. The maximum absolute atomic E-state index is 12.6. The molecule has 0 spiro atoms. The first kappa shape index (κ1) is 15.0. The molecule has 106 valence electrons. The molecular weight excluding hydrogens is 368 g/mol. The molecular formula is C16H18O3Te. The summed E-state index contributed by atoms with van der Waals surface area (Å²) >= 11 is -2.69. The molecule has 0 heterocycles. The molecule has 2 rings (SSSR count). The van der Waals surface area contributed by atoms with Crippen molar-refractivity contribution in [3.8, 4) is 11.5 Å². The third kappa shape index (κ3) is 3.82. The predicted molar refractivity (Wildman–Crippen MR) is 80.9 cm³/mol. The standard InChI is InChI=1S/C16H18O3Te/c1-3-18-13-5-9-15(10-6-13)20(17)16-11-7-14(8-12-16)19-4-2/h5-12H,3-4H2,1-2H3. The predicted octanol–water partition coefficient (Wildman–Crippen LogP) is 2.02. The molecule has 0 N–H and O–H groups in total. The normalized spacial score (nSPS) is 10.6. The minimum absolute atomic E-state index is 0.638. The number of hydrogen-bond acceptors (Lipinski definition) is 3. The molecule has 0 aliphatic rings. The number of rotatable bonds is 6. The third-order valence-corrected chi connectivity index (χ3v) is 6.70. The van der Waals surface area contributed by atoms with Crippen LogP contribution in [0.5, 0.6) is 11.5 Å². The molecule has 0 saturated carbocycles. The Morgan fingerprint density at radius 2 is 1.10 bits per heavy atom. The second-order valence-electron chi connectivity index (χ2n) is 4.08. The van der Waals surface area contributed by atoms with Crippen LogP contribution in [0.2, 0.25) is 0 Å². The minimum atomic E-state index is -2.69. The molecule has 0 amide bonds. The van der Waals surface area contributed by atoms with E-state index in [-0.39, 0.29) is 0 Å². The molecule has 2 aromatic carbocycles. The van der Waals surface area contributed by atoms with Gasteiger partial charge in [0, 0.05) is 0 Å². The Morgan fingerprint density at radius 3 is 1.40 bits per heavy atom. The molecule has 0 aliphatic heterocycles. The second kappa shape index (κ2) is 7.42. The van der Waals surface area contributed by atoms with E-state index >= 15 is 0 Å². The van der Waals surface area contributed by atoms with Gasteiger partial charge in [-0.2, -0.15) is 0 Å². The van der Waals surface area contributed by atoms with E-state index in [4.69, 9.17) is 9.47 Å². The Morgan fingerprint density at radius 1 is 0.750 bits per heavy atom. The molecule has 3 nitrogen and oxygen atoms in total. The van der Waals surface area contributed by atoms with E-state index in [0.717, 1.165) is 18.7 Å². The van der Waals surface area contributed by atoms with E-state index in [1.165, 1.54) is 0 Å². The number of benzene rings is 2. The van der Waals surface area contributed by atoms with Crippen molar-refractivity contribution in [2.75, 3.05) is 13.2 Å². The van der Waals surface area contributed by atoms with Gasteiger partial charge in [0.25, 0.3) is 0 Å². The Balaban J connectivity index is 2.13. The van der Waals surface area contributed by atoms with Crippen LogP contribution in [0.3, 0.4) is 0 Å². The van der Waals surface area contributed by atoms with E-state index in [9.17, 15) is 3.10 Å². The monoisotopic (exact) mass is 388 g/mol. The fourth-order valence-electron chi connectivity index (χ4n) is 1.79. The Hall–Kier alpha value is -1.37. The first-order chi connectivity index (χ1) is 9.74. The van der Waals surface area contributed by atoms with Crippen LogP contribution in [0.4, 0.5) is 0 Å². The van der Waals surface area contributed by atoms with Crippen LogP contribution in [0.25, 0.3) is 0 Å². The Labute approximate surface area is 126 Å². The van der Waals surface area contributed by atoms with Gasteiger partial charge in [-0.25, -0.2) is 0 Å². The van der Waals surface area contributed by atoms with Crippen molar-refractivity contribution in [3.63, 3.8) is 0 Å². The number of hydrogen-bond donors (Lipinski definition) is 0.